The second-order valence-electron chi connectivity index (χ2n) is 5.04. The molecule has 5 heteroatoms. The van der Waals surface area contributed by atoms with Crippen LogP contribution in [0.25, 0.3) is 0 Å². The Morgan fingerprint density at radius 3 is 2.55 bits per heavy atom. The number of sulfone groups is 1. The molecule has 1 unspecified atom stereocenters. The van der Waals surface area contributed by atoms with Gasteiger partial charge in [0.1, 0.15) is 12.4 Å². The van der Waals surface area contributed by atoms with Crippen LogP contribution in [-0.2, 0) is 9.84 Å². The highest BCUT2D eigenvalue weighted by Gasteiger charge is 2.10. The van der Waals surface area contributed by atoms with E-state index in [1.165, 1.54) is 5.56 Å². The fourth-order valence-corrected chi connectivity index (χ4v) is 3.13. The minimum Gasteiger partial charge on any atom is -0.492 e. The smallest absolute Gasteiger partial charge is 0.153 e. The molecule has 0 saturated heterocycles. The third-order valence-corrected chi connectivity index (χ3v) is 5.12. The number of ether oxygens (including phenoxy) is 1. The second kappa shape index (κ2) is 7.64. The number of aryl methyl sites for hydroxylation is 1. The molecule has 0 amide bonds. The number of rotatable bonds is 8. The topological polar surface area (TPSA) is 55.4 Å². The van der Waals surface area contributed by atoms with Crippen LogP contribution in [0.5, 0.6) is 5.75 Å². The van der Waals surface area contributed by atoms with Gasteiger partial charge < -0.3 is 10.1 Å². The fourth-order valence-electron chi connectivity index (χ4n) is 1.96. The van der Waals surface area contributed by atoms with Gasteiger partial charge >= 0.3 is 0 Å². The van der Waals surface area contributed by atoms with Gasteiger partial charge in [-0.2, -0.15) is 0 Å². The van der Waals surface area contributed by atoms with E-state index in [0.717, 1.165) is 11.3 Å². The summed E-state index contributed by atoms with van der Waals surface area (Å²) in [6.07, 6.45) is 0.651. The molecule has 20 heavy (non-hydrogen) atoms. The van der Waals surface area contributed by atoms with E-state index in [0.29, 0.717) is 6.42 Å². The van der Waals surface area contributed by atoms with E-state index in [1.807, 2.05) is 33.0 Å². The van der Waals surface area contributed by atoms with Crippen LogP contribution in [0.3, 0.4) is 0 Å². The van der Waals surface area contributed by atoms with Crippen molar-refractivity contribution in [2.75, 3.05) is 25.2 Å². The summed E-state index contributed by atoms with van der Waals surface area (Å²) in [5.74, 6) is 1.06. The summed E-state index contributed by atoms with van der Waals surface area (Å²) in [7, 11) is -1.06. The van der Waals surface area contributed by atoms with Crippen LogP contribution in [0.15, 0.2) is 18.2 Å². The maximum atomic E-state index is 11.6. The van der Waals surface area contributed by atoms with E-state index < -0.39 is 9.84 Å². The first-order chi connectivity index (χ1) is 9.39. The van der Waals surface area contributed by atoms with Gasteiger partial charge in [-0.1, -0.05) is 19.1 Å². The lowest BCUT2D eigenvalue weighted by molar-refractivity contribution is 0.338. The predicted molar refractivity (Wildman–Crippen MR) is 83.1 cm³/mol. The third-order valence-electron chi connectivity index (χ3n) is 3.30. The van der Waals surface area contributed by atoms with E-state index in [-0.39, 0.29) is 24.2 Å². The van der Waals surface area contributed by atoms with Crippen molar-refractivity contribution in [2.24, 2.45) is 0 Å². The molecule has 0 aliphatic rings. The first-order valence-corrected chi connectivity index (χ1v) is 8.82. The van der Waals surface area contributed by atoms with Crippen molar-refractivity contribution in [3.8, 4) is 5.75 Å². The standard InChI is InChI=1S/C15H25NO3S/c1-5-9-20(17,18)10-8-19-15-7-6-14(11-12(15)2)13(3)16-4/h6-7,11,13,16H,5,8-10H2,1-4H3. The minimum atomic E-state index is -2.98. The molecule has 0 saturated carbocycles. The predicted octanol–water partition coefficient (Wildman–Crippen LogP) is 2.48. The fraction of sp³-hybridized carbons (Fsp3) is 0.600. The molecule has 1 aromatic rings. The molecule has 1 aromatic carbocycles. The van der Waals surface area contributed by atoms with Gasteiger partial charge in [0.05, 0.1) is 11.5 Å². The van der Waals surface area contributed by atoms with Gasteiger partial charge in [0, 0.05) is 6.04 Å². The largest absolute Gasteiger partial charge is 0.492 e. The second-order valence-corrected chi connectivity index (χ2v) is 7.34. The Morgan fingerprint density at radius 1 is 1.30 bits per heavy atom. The highest BCUT2D eigenvalue weighted by molar-refractivity contribution is 7.91. The number of benzene rings is 1. The summed E-state index contributed by atoms with van der Waals surface area (Å²) in [5.41, 5.74) is 2.22. The van der Waals surface area contributed by atoms with Crippen molar-refractivity contribution in [1.82, 2.24) is 5.32 Å². The third kappa shape index (κ3) is 5.13. The Kier molecular flexibility index (Phi) is 6.49. The Bertz CT molecular complexity index is 526. The number of nitrogens with one attached hydrogen (secondary N) is 1. The Morgan fingerprint density at radius 2 is 2.00 bits per heavy atom. The molecule has 0 heterocycles. The summed E-state index contributed by atoms with van der Waals surface area (Å²) in [4.78, 5) is 0. The average Bonchev–Trinajstić information content (AvgIpc) is 2.39. The average molecular weight is 299 g/mol. The van der Waals surface area contributed by atoms with Gasteiger partial charge in [-0.3, -0.25) is 0 Å². The lowest BCUT2D eigenvalue weighted by Gasteiger charge is -2.14. The van der Waals surface area contributed by atoms with Crippen LogP contribution in [-0.4, -0.2) is 33.6 Å². The minimum absolute atomic E-state index is 0.0783. The van der Waals surface area contributed by atoms with E-state index in [9.17, 15) is 8.42 Å². The molecule has 0 fully saturated rings. The van der Waals surface area contributed by atoms with Gasteiger partial charge in [0.2, 0.25) is 0 Å². The van der Waals surface area contributed by atoms with Crippen molar-refractivity contribution in [2.45, 2.75) is 33.2 Å². The molecule has 0 aliphatic carbocycles. The van der Waals surface area contributed by atoms with Gasteiger partial charge in [-0.05, 0) is 44.5 Å². The lowest BCUT2D eigenvalue weighted by atomic mass is 10.1. The van der Waals surface area contributed by atoms with E-state index in [1.54, 1.807) is 0 Å². The van der Waals surface area contributed by atoms with E-state index in [4.69, 9.17) is 4.74 Å². The van der Waals surface area contributed by atoms with Crippen LogP contribution in [0.1, 0.15) is 37.4 Å². The van der Waals surface area contributed by atoms with Crippen LogP contribution in [0, 0.1) is 6.92 Å². The number of hydrogen-bond acceptors (Lipinski definition) is 4. The summed E-state index contributed by atoms with van der Waals surface area (Å²) < 4.78 is 28.8. The monoisotopic (exact) mass is 299 g/mol. The van der Waals surface area contributed by atoms with Gasteiger partial charge in [-0.15, -0.1) is 0 Å². The summed E-state index contributed by atoms with van der Waals surface area (Å²) in [5, 5.41) is 3.18. The molecule has 1 atom stereocenters. The van der Waals surface area contributed by atoms with Crippen molar-refractivity contribution >= 4 is 9.84 Å². The zero-order valence-electron chi connectivity index (χ0n) is 12.8. The normalized spacial score (nSPS) is 13.2. The maximum Gasteiger partial charge on any atom is 0.153 e. The molecule has 4 nitrogen and oxygen atoms in total. The molecule has 1 N–H and O–H groups in total. The quantitative estimate of drug-likeness (QED) is 0.801. The lowest BCUT2D eigenvalue weighted by Crippen LogP contribution is -2.17. The van der Waals surface area contributed by atoms with Crippen molar-refractivity contribution < 1.29 is 13.2 Å². The Hall–Kier alpha value is -1.07. The Balaban J connectivity index is 2.61. The zero-order chi connectivity index (χ0) is 15.2. The Labute approximate surface area is 122 Å². The summed E-state index contributed by atoms with van der Waals surface area (Å²) >= 11 is 0. The maximum absolute atomic E-state index is 11.6. The molecule has 0 radical (unpaired) electrons. The summed E-state index contributed by atoms with van der Waals surface area (Å²) in [6.45, 7) is 6.14. The first kappa shape index (κ1) is 17.0. The van der Waals surface area contributed by atoms with Crippen LogP contribution in [0.4, 0.5) is 0 Å². The summed E-state index contributed by atoms with van der Waals surface area (Å²) in [6, 6.07) is 6.26. The van der Waals surface area contributed by atoms with Crippen molar-refractivity contribution in [3.63, 3.8) is 0 Å². The van der Waals surface area contributed by atoms with Gasteiger partial charge in [-0.25, -0.2) is 8.42 Å². The molecule has 0 aliphatic heterocycles. The highest BCUT2D eigenvalue weighted by Crippen LogP contribution is 2.22. The molecule has 0 spiro atoms. The van der Waals surface area contributed by atoms with Crippen LogP contribution >= 0.6 is 0 Å². The number of hydrogen-bond donors (Lipinski definition) is 1. The first-order valence-electron chi connectivity index (χ1n) is 7.00. The highest BCUT2D eigenvalue weighted by atomic mass is 32.2. The zero-order valence-corrected chi connectivity index (χ0v) is 13.6. The van der Waals surface area contributed by atoms with E-state index >= 15 is 0 Å². The molecule has 0 bridgehead atoms. The molecule has 114 valence electrons. The SMILES string of the molecule is CCCS(=O)(=O)CCOc1ccc(C(C)NC)cc1C. The van der Waals surface area contributed by atoms with Crippen molar-refractivity contribution in [3.05, 3.63) is 29.3 Å². The molecule has 1 rings (SSSR count). The molecule has 0 aromatic heterocycles. The van der Waals surface area contributed by atoms with Gasteiger partial charge in [0.15, 0.2) is 9.84 Å². The van der Waals surface area contributed by atoms with Crippen LogP contribution in [0.2, 0.25) is 0 Å². The van der Waals surface area contributed by atoms with E-state index in [2.05, 4.69) is 18.3 Å². The van der Waals surface area contributed by atoms with Gasteiger partial charge in [0.25, 0.3) is 0 Å². The molecular weight excluding hydrogens is 274 g/mol. The van der Waals surface area contributed by atoms with Crippen LogP contribution < -0.4 is 10.1 Å². The molecular formula is C15H25NO3S. The van der Waals surface area contributed by atoms with Crippen molar-refractivity contribution in [1.29, 1.82) is 0 Å².